The molecule has 2 aromatic rings. The number of aromatic hydroxyl groups is 1. The zero-order chi connectivity index (χ0) is 18.5. The Morgan fingerprint density at radius 2 is 2.15 bits per heavy atom. The summed E-state index contributed by atoms with van der Waals surface area (Å²) in [5.41, 5.74) is 1.38. The topological polar surface area (TPSA) is 67.6 Å². The quantitative estimate of drug-likeness (QED) is 0.860. The highest BCUT2D eigenvalue weighted by Crippen LogP contribution is 2.42. The average molecular weight is 396 g/mol. The van der Waals surface area contributed by atoms with Crippen molar-refractivity contribution in [3.8, 4) is 5.75 Å². The third-order valence-electron chi connectivity index (χ3n) is 5.02. The van der Waals surface area contributed by atoms with Crippen molar-refractivity contribution >= 4 is 34.8 Å². The summed E-state index contributed by atoms with van der Waals surface area (Å²) >= 11 is 12.3. The minimum Gasteiger partial charge on any atom is -0.508 e. The number of carbonyl (C=O) groups excluding carboxylic acids is 1. The molecule has 6 nitrogen and oxygen atoms in total. The molecule has 3 heterocycles. The van der Waals surface area contributed by atoms with E-state index in [0.717, 1.165) is 25.4 Å². The van der Waals surface area contributed by atoms with Crippen LogP contribution in [0.1, 0.15) is 24.8 Å². The number of rotatable bonds is 4. The lowest BCUT2D eigenvalue weighted by Crippen LogP contribution is -2.43. The third kappa shape index (κ3) is 3.06. The lowest BCUT2D eigenvalue weighted by atomic mass is 9.89. The Labute approximate surface area is 161 Å². The number of carbonyl (C=O) groups is 1. The van der Waals surface area contributed by atoms with E-state index >= 15 is 0 Å². The molecule has 2 saturated heterocycles. The predicted octanol–water partition coefficient (Wildman–Crippen LogP) is 3.45. The molecule has 2 aliphatic heterocycles. The summed E-state index contributed by atoms with van der Waals surface area (Å²) in [6, 6.07) is 3.06. The SMILES string of the molecule is CC1(Cn2cc(N3C[C@H](c4c(O)ccc(Cl)c4Cl)CC3=O)cn2)COC1. The molecule has 0 radical (unpaired) electrons. The van der Waals surface area contributed by atoms with Crippen LogP contribution in [0.4, 0.5) is 5.69 Å². The second-order valence-electron chi connectivity index (χ2n) is 7.40. The van der Waals surface area contributed by atoms with E-state index in [4.69, 9.17) is 27.9 Å². The van der Waals surface area contributed by atoms with Crippen LogP contribution >= 0.6 is 23.2 Å². The van der Waals surface area contributed by atoms with Gasteiger partial charge in [0.2, 0.25) is 5.91 Å². The van der Waals surface area contributed by atoms with Crippen molar-refractivity contribution in [1.82, 2.24) is 9.78 Å². The fourth-order valence-corrected chi connectivity index (χ4v) is 4.09. The number of phenols is 1. The van der Waals surface area contributed by atoms with Crippen LogP contribution in [0.5, 0.6) is 5.75 Å². The van der Waals surface area contributed by atoms with Crippen molar-refractivity contribution in [2.24, 2.45) is 5.41 Å². The molecule has 0 spiro atoms. The molecule has 0 saturated carbocycles. The highest BCUT2D eigenvalue weighted by molar-refractivity contribution is 6.42. The van der Waals surface area contributed by atoms with Gasteiger partial charge in [0.1, 0.15) is 5.75 Å². The minimum absolute atomic E-state index is 0.0248. The van der Waals surface area contributed by atoms with Crippen LogP contribution in [0, 0.1) is 5.41 Å². The Kier molecular flexibility index (Phi) is 4.37. The van der Waals surface area contributed by atoms with E-state index in [0.29, 0.717) is 22.2 Å². The smallest absolute Gasteiger partial charge is 0.227 e. The van der Waals surface area contributed by atoms with Crippen molar-refractivity contribution in [1.29, 1.82) is 0 Å². The third-order valence-corrected chi connectivity index (χ3v) is 5.84. The maximum Gasteiger partial charge on any atom is 0.227 e. The van der Waals surface area contributed by atoms with Crippen molar-refractivity contribution in [2.45, 2.75) is 25.8 Å². The molecule has 26 heavy (non-hydrogen) atoms. The van der Waals surface area contributed by atoms with Crippen molar-refractivity contribution in [3.05, 3.63) is 40.1 Å². The molecular formula is C18H19Cl2N3O3. The van der Waals surface area contributed by atoms with E-state index in [1.807, 2.05) is 10.9 Å². The molecule has 1 amide bonds. The van der Waals surface area contributed by atoms with Gasteiger partial charge in [-0.3, -0.25) is 9.48 Å². The fraction of sp³-hybridized carbons (Fsp3) is 0.444. The molecule has 8 heteroatoms. The minimum atomic E-state index is -0.213. The van der Waals surface area contributed by atoms with E-state index in [1.54, 1.807) is 17.2 Å². The first-order chi connectivity index (χ1) is 12.4. The summed E-state index contributed by atoms with van der Waals surface area (Å²) in [6.07, 6.45) is 3.84. The van der Waals surface area contributed by atoms with Gasteiger partial charge in [-0.25, -0.2) is 0 Å². The summed E-state index contributed by atoms with van der Waals surface area (Å²) in [5, 5.41) is 15.2. The second-order valence-corrected chi connectivity index (χ2v) is 8.18. The Bertz CT molecular complexity index is 863. The number of halogens is 2. The zero-order valence-electron chi connectivity index (χ0n) is 14.3. The number of ether oxygens (including phenoxy) is 1. The number of anilines is 1. The number of aromatic nitrogens is 2. The average Bonchev–Trinajstić information content (AvgIpc) is 3.16. The Hall–Kier alpha value is -1.76. The van der Waals surface area contributed by atoms with Crippen LogP contribution in [-0.4, -0.2) is 40.6 Å². The largest absolute Gasteiger partial charge is 0.508 e. The first-order valence-electron chi connectivity index (χ1n) is 8.44. The summed E-state index contributed by atoms with van der Waals surface area (Å²) in [6.45, 7) is 4.77. The van der Waals surface area contributed by atoms with Gasteiger partial charge in [-0.05, 0) is 12.1 Å². The maximum atomic E-state index is 12.5. The van der Waals surface area contributed by atoms with E-state index in [1.165, 1.54) is 6.07 Å². The summed E-state index contributed by atoms with van der Waals surface area (Å²) < 4.78 is 7.13. The fourth-order valence-electron chi connectivity index (χ4n) is 3.61. The van der Waals surface area contributed by atoms with E-state index in [9.17, 15) is 9.90 Å². The lowest BCUT2D eigenvalue weighted by Gasteiger charge is -2.37. The van der Waals surface area contributed by atoms with E-state index in [2.05, 4.69) is 12.0 Å². The monoisotopic (exact) mass is 395 g/mol. The molecule has 2 aliphatic rings. The number of hydrogen-bond acceptors (Lipinski definition) is 4. The van der Waals surface area contributed by atoms with Gasteiger partial charge in [0.25, 0.3) is 0 Å². The lowest BCUT2D eigenvalue weighted by molar-refractivity contribution is -0.117. The molecule has 0 aliphatic carbocycles. The van der Waals surface area contributed by atoms with E-state index < -0.39 is 0 Å². The van der Waals surface area contributed by atoms with Crippen molar-refractivity contribution in [3.63, 3.8) is 0 Å². The van der Waals surface area contributed by atoms with Crippen LogP contribution in [0.2, 0.25) is 10.0 Å². The molecule has 2 fully saturated rings. The molecule has 4 rings (SSSR count). The van der Waals surface area contributed by atoms with Gasteiger partial charge in [-0.2, -0.15) is 5.10 Å². The molecule has 1 atom stereocenters. The first kappa shape index (κ1) is 17.6. The highest BCUT2D eigenvalue weighted by atomic mass is 35.5. The number of amides is 1. The van der Waals surface area contributed by atoms with Gasteiger partial charge in [0.05, 0.1) is 41.7 Å². The van der Waals surface area contributed by atoms with Gasteiger partial charge >= 0.3 is 0 Å². The Morgan fingerprint density at radius 1 is 1.38 bits per heavy atom. The first-order valence-corrected chi connectivity index (χ1v) is 9.19. The summed E-state index contributed by atoms with van der Waals surface area (Å²) in [5.74, 6) is -0.176. The van der Waals surface area contributed by atoms with Gasteiger partial charge in [0, 0.05) is 36.1 Å². The normalized spacial score (nSPS) is 21.9. The highest BCUT2D eigenvalue weighted by Gasteiger charge is 2.37. The number of benzene rings is 1. The maximum absolute atomic E-state index is 12.5. The summed E-state index contributed by atoms with van der Waals surface area (Å²) in [4.78, 5) is 14.2. The molecule has 1 aromatic heterocycles. The number of phenolic OH excluding ortho intramolecular Hbond substituents is 1. The molecule has 138 valence electrons. The predicted molar refractivity (Wildman–Crippen MR) is 99.0 cm³/mol. The van der Waals surface area contributed by atoms with Crippen molar-refractivity contribution in [2.75, 3.05) is 24.7 Å². The second kappa shape index (κ2) is 6.44. The van der Waals surface area contributed by atoms with Gasteiger partial charge < -0.3 is 14.7 Å². The Balaban J connectivity index is 1.54. The zero-order valence-corrected chi connectivity index (χ0v) is 15.8. The molecule has 0 bridgehead atoms. The number of hydrogen-bond donors (Lipinski definition) is 1. The standard InChI is InChI=1S/C18H19Cl2N3O3/c1-18(9-26-10-18)8-22-7-12(5-21-22)23-6-11(4-15(23)25)16-14(24)3-2-13(19)17(16)20/h2-3,5,7,11,24H,4,6,8-10H2,1H3/t11-/m1/s1. The molecule has 0 unspecified atom stereocenters. The molecule has 1 N–H and O–H groups in total. The van der Waals surface area contributed by atoms with Crippen LogP contribution < -0.4 is 4.90 Å². The van der Waals surface area contributed by atoms with Crippen LogP contribution in [0.15, 0.2) is 24.5 Å². The molecular weight excluding hydrogens is 377 g/mol. The van der Waals surface area contributed by atoms with Crippen LogP contribution in [0.25, 0.3) is 0 Å². The van der Waals surface area contributed by atoms with Crippen molar-refractivity contribution < 1.29 is 14.6 Å². The number of nitrogens with zero attached hydrogens (tertiary/aromatic N) is 3. The van der Waals surface area contributed by atoms with Crippen LogP contribution in [0.3, 0.4) is 0 Å². The molecule has 1 aromatic carbocycles. The van der Waals surface area contributed by atoms with Gasteiger partial charge in [-0.1, -0.05) is 30.1 Å². The summed E-state index contributed by atoms with van der Waals surface area (Å²) in [7, 11) is 0. The van der Waals surface area contributed by atoms with E-state index in [-0.39, 0.29) is 29.4 Å². The Morgan fingerprint density at radius 3 is 2.85 bits per heavy atom. The van der Waals surface area contributed by atoms with Crippen LogP contribution in [-0.2, 0) is 16.1 Å². The van der Waals surface area contributed by atoms with Gasteiger partial charge in [-0.15, -0.1) is 0 Å². The van der Waals surface area contributed by atoms with Gasteiger partial charge in [0.15, 0.2) is 0 Å².